The maximum Gasteiger partial charge on any atom is 0.0424 e. The van der Waals surface area contributed by atoms with E-state index < -0.39 is 0 Å². The van der Waals surface area contributed by atoms with Crippen molar-refractivity contribution < 1.29 is 0 Å². The van der Waals surface area contributed by atoms with E-state index >= 15 is 0 Å². The van der Waals surface area contributed by atoms with Gasteiger partial charge >= 0.3 is 0 Å². The second kappa shape index (κ2) is 6.71. The van der Waals surface area contributed by atoms with Crippen LogP contribution in [-0.2, 0) is 0 Å². The maximum atomic E-state index is 4.43. The SMILES string of the molecule is C=C1C=CSC(c2ccc(/C=N/SC(C)(C)C)cc2)=C1C. The number of hydrogen-bond acceptors (Lipinski definition) is 3. The minimum atomic E-state index is 0.157. The second-order valence-corrected chi connectivity index (χ2v) is 8.49. The summed E-state index contributed by atoms with van der Waals surface area (Å²) in [4.78, 5) is 1.29. The van der Waals surface area contributed by atoms with E-state index in [0.29, 0.717) is 0 Å². The van der Waals surface area contributed by atoms with Crippen molar-refractivity contribution in [3.05, 3.63) is 64.6 Å². The van der Waals surface area contributed by atoms with E-state index in [1.807, 2.05) is 6.21 Å². The fourth-order valence-corrected chi connectivity index (χ4v) is 3.23. The third-order valence-electron chi connectivity index (χ3n) is 2.98. The fourth-order valence-electron chi connectivity index (χ4n) is 1.79. The Morgan fingerprint density at radius 2 is 1.86 bits per heavy atom. The molecule has 1 nitrogen and oxygen atoms in total. The molecule has 0 aromatic heterocycles. The van der Waals surface area contributed by atoms with E-state index in [-0.39, 0.29) is 4.75 Å². The monoisotopic (exact) mass is 315 g/mol. The summed E-state index contributed by atoms with van der Waals surface area (Å²) in [5.74, 6) is 0. The molecule has 0 amide bonds. The lowest BCUT2D eigenvalue weighted by Crippen LogP contribution is -2.04. The maximum absolute atomic E-state index is 4.43. The molecule has 0 fully saturated rings. The Bertz CT molecular complexity index is 614. The Hall–Kier alpha value is -1.19. The van der Waals surface area contributed by atoms with Crippen molar-refractivity contribution in [2.24, 2.45) is 4.40 Å². The average molecular weight is 316 g/mol. The summed E-state index contributed by atoms with van der Waals surface area (Å²) in [6.07, 6.45) is 3.99. The van der Waals surface area contributed by atoms with E-state index in [4.69, 9.17) is 0 Å². The molecule has 0 atom stereocenters. The van der Waals surface area contributed by atoms with Gasteiger partial charge in [0.05, 0.1) is 0 Å². The van der Waals surface area contributed by atoms with Gasteiger partial charge in [-0.2, -0.15) is 0 Å². The van der Waals surface area contributed by atoms with Crippen LogP contribution in [0.15, 0.2) is 57.9 Å². The normalized spacial score (nSPS) is 16.1. The summed E-state index contributed by atoms with van der Waals surface area (Å²) < 4.78 is 4.59. The van der Waals surface area contributed by atoms with Gasteiger partial charge in [0.2, 0.25) is 0 Å². The number of nitrogens with zero attached hydrogens (tertiary/aromatic N) is 1. The Balaban J connectivity index is 2.13. The second-order valence-electron chi connectivity index (χ2n) is 5.96. The quantitative estimate of drug-likeness (QED) is 0.493. The zero-order valence-electron chi connectivity index (χ0n) is 13.0. The lowest BCUT2D eigenvalue weighted by atomic mass is 10.0. The molecular weight excluding hydrogens is 294 g/mol. The van der Waals surface area contributed by atoms with Gasteiger partial charge in [-0.25, -0.2) is 4.40 Å². The van der Waals surface area contributed by atoms with Crippen LogP contribution in [0.2, 0.25) is 0 Å². The highest BCUT2D eigenvalue weighted by molar-refractivity contribution is 8.11. The lowest BCUT2D eigenvalue weighted by Gasteiger charge is -2.15. The molecule has 0 spiro atoms. The van der Waals surface area contributed by atoms with Crippen molar-refractivity contribution >= 4 is 34.8 Å². The van der Waals surface area contributed by atoms with Crippen LogP contribution in [0, 0.1) is 0 Å². The third kappa shape index (κ3) is 4.65. The molecule has 0 radical (unpaired) electrons. The van der Waals surface area contributed by atoms with Gasteiger partial charge < -0.3 is 0 Å². The highest BCUT2D eigenvalue weighted by Gasteiger charge is 2.11. The minimum Gasteiger partial charge on any atom is -0.223 e. The van der Waals surface area contributed by atoms with Crippen molar-refractivity contribution in [3.8, 4) is 0 Å². The van der Waals surface area contributed by atoms with Crippen LogP contribution in [0.25, 0.3) is 4.91 Å². The highest BCUT2D eigenvalue weighted by atomic mass is 32.2. The molecule has 0 unspecified atom stereocenters. The first-order valence-electron chi connectivity index (χ1n) is 6.92. The van der Waals surface area contributed by atoms with Crippen LogP contribution in [-0.4, -0.2) is 11.0 Å². The van der Waals surface area contributed by atoms with Gasteiger partial charge in [-0.3, -0.25) is 0 Å². The van der Waals surface area contributed by atoms with Crippen molar-refractivity contribution in [3.63, 3.8) is 0 Å². The summed E-state index contributed by atoms with van der Waals surface area (Å²) in [6, 6.07) is 8.54. The van der Waals surface area contributed by atoms with Crippen molar-refractivity contribution in [2.75, 3.05) is 0 Å². The standard InChI is InChI=1S/C18H21NS2/c1-13-10-11-20-17(14(13)2)16-8-6-15(7-9-16)12-19-21-18(3,4)5/h6-12H,1H2,2-5H3/b19-12+. The number of hydrogen-bond donors (Lipinski definition) is 0. The molecule has 1 heterocycles. The minimum absolute atomic E-state index is 0.157. The third-order valence-corrected chi connectivity index (χ3v) is 4.79. The van der Waals surface area contributed by atoms with Crippen LogP contribution in [0.4, 0.5) is 0 Å². The molecule has 1 aliphatic rings. The number of thioether (sulfide) groups is 1. The molecular formula is C18H21NS2. The summed E-state index contributed by atoms with van der Waals surface area (Å²) in [7, 11) is 0. The van der Waals surface area contributed by atoms with Gasteiger partial charge in [-0.05, 0) is 73.4 Å². The Labute approximate surface area is 136 Å². The zero-order chi connectivity index (χ0) is 15.5. The first-order valence-corrected chi connectivity index (χ1v) is 8.57. The van der Waals surface area contributed by atoms with E-state index in [0.717, 1.165) is 11.1 Å². The average Bonchev–Trinajstić information content (AvgIpc) is 2.41. The number of allylic oxidation sites excluding steroid dienone is 3. The smallest absolute Gasteiger partial charge is 0.0424 e. The molecule has 1 aliphatic heterocycles. The van der Waals surface area contributed by atoms with Crippen LogP contribution in [0.3, 0.4) is 0 Å². The van der Waals surface area contributed by atoms with Crippen molar-refractivity contribution in [1.29, 1.82) is 0 Å². The number of rotatable bonds is 3. The summed E-state index contributed by atoms with van der Waals surface area (Å²) in [5, 5.41) is 2.10. The molecule has 1 aromatic rings. The van der Waals surface area contributed by atoms with Crippen molar-refractivity contribution in [1.82, 2.24) is 0 Å². The predicted molar refractivity (Wildman–Crippen MR) is 99.8 cm³/mol. The first kappa shape index (κ1) is 16.2. The molecule has 110 valence electrons. The molecule has 1 aromatic carbocycles. The molecule has 21 heavy (non-hydrogen) atoms. The molecule has 2 rings (SSSR count). The van der Waals surface area contributed by atoms with Crippen LogP contribution in [0.5, 0.6) is 0 Å². The summed E-state index contributed by atoms with van der Waals surface area (Å²) in [5.41, 5.74) is 4.72. The highest BCUT2D eigenvalue weighted by Crippen LogP contribution is 2.38. The topological polar surface area (TPSA) is 12.4 Å². The molecule has 0 saturated heterocycles. The van der Waals surface area contributed by atoms with Gasteiger partial charge in [0, 0.05) is 15.9 Å². The van der Waals surface area contributed by atoms with Crippen LogP contribution < -0.4 is 0 Å². The Kier molecular flexibility index (Phi) is 5.17. The summed E-state index contributed by atoms with van der Waals surface area (Å²) in [6.45, 7) is 12.7. The Morgan fingerprint density at radius 1 is 1.19 bits per heavy atom. The van der Waals surface area contributed by atoms with E-state index in [1.54, 1.807) is 23.7 Å². The first-order chi connectivity index (χ1) is 9.87. The van der Waals surface area contributed by atoms with E-state index in [1.165, 1.54) is 16.0 Å². The Morgan fingerprint density at radius 3 is 2.48 bits per heavy atom. The van der Waals surface area contributed by atoms with Gasteiger partial charge in [-0.1, -0.05) is 42.6 Å². The molecule has 3 heteroatoms. The molecule has 0 saturated carbocycles. The summed E-state index contributed by atoms with van der Waals surface area (Å²) >= 11 is 3.35. The van der Waals surface area contributed by atoms with Gasteiger partial charge in [0.1, 0.15) is 0 Å². The van der Waals surface area contributed by atoms with Gasteiger partial charge in [-0.15, -0.1) is 0 Å². The predicted octanol–water partition coefficient (Wildman–Crippen LogP) is 6.10. The number of benzene rings is 1. The van der Waals surface area contributed by atoms with Gasteiger partial charge in [0.15, 0.2) is 0 Å². The van der Waals surface area contributed by atoms with E-state index in [2.05, 4.69) is 74.4 Å². The molecule has 0 bridgehead atoms. The largest absolute Gasteiger partial charge is 0.223 e. The molecule has 0 N–H and O–H groups in total. The van der Waals surface area contributed by atoms with Crippen LogP contribution in [0.1, 0.15) is 38.8 Å². The van der Waals surface area contributed by atoms with Crippen LogP contribution >= 0.6 is 23.7 Å². The lowest BCUT2D eigenvalue weighted by molar-refractivity contribution is 0.804. The van der Waals surface area contributed by atoms with Gasteiger partial charge in [0.25, 0.3) is 0 Å². The van der Waals surface area contributed by atoms with Crippen molar-refractivity contribution in [2.45, 2.75) is 32.4 Å². The van der Waals surface area contributed by atoms with E-state index in [9.17, 15) is 0 Å². The zero-order valence-corrected chi connectivity index (χ0v) is 14.6. The fraction of sp³-hybridized carbons (Fsp3) is 0.278. The molecule has 0 aliphatic carbocycles.